The van der Waals surface area contributed by atoms with Gasteiger partial charge in [0.15, 0.2) is 0 Å². The number of phosphoric acid groups is 1. The summed E-state index contributed by atoms with van der Waals surface area (Å²) in [6.07, 6.45) is 38.0. The number of carbonyl (C=O) groups excluding carboxylic acids is 1. The number of quaternary nitrogens is 1. The van der Waals surface area contributed by atoms with Gasteiger partial charge in [-0.3, -0.25) is 9.36 Å². The molecular formula is C37H63N2O6P. The lowest BCUT2D eigenvalue weighted by atomic mass is 10.1. The second-order valence-electron chi connectivity index (χ2n) is 12.1. The number of nitrogens with one attached hydrogen (secondary N) is 1. The first-order valence-corrected chi connectivity index (χ1v) is 18.4. The lowest BCUT2D eigenvalue weighted by molar-refractivity contribution is -0.870. The zero-order valence-corrected chi connectivity index (χ0v) is 30.1. The fourth-order valence-electron chi connectivity index (χ4n) is 3.84. The zero-order valence-electron chi connectivity index (χ0n) is 29.2. The maximum atomic E-state index is 12.7. The first-order valence-electron chi connectivity index (χ1n) is 16.9. The van der Waals surface area contributed by atoms with Crippen LogP contribution in [-0.4, -0.2) is 68.5 Å². The van der Waals surface area contributed by atoms with Crippen molar-refractivity contribution >= 4 is 13.7 Å². The van der Waals surface area contributed by atoms with Crippen LogP contribution in [-0.2, 0) is 18.4 Å². The van der Waals surface area contributed by atoms with Crippen LogP contribution >= 0.6 is 7.82 Å². The lowest BCUT2D eigenvalue weighted by Gasteiger charge is -2.29. The highest BCUT2D eigenvalue weighted by molar-refractivity contribution is 7.45. The van der Waals surface area contributed by atoms with Crippen molar-refractivity contribution < 1.29 is 32.9 Å². The topological polar surface area (TPSA) is 108 Å². The van der Waals surface area contributed by atoms with E-state index in [0.717, 1.165) is 57.8 Å². The Morgan fingerprint density at radius 3 is 1.80 bits per heavy atom. The number of unbranched alkanes of at least 4 members (excludes halogenated alkanes) is 3. The largest absolute Gasteiger partial charge is 0.756 e. The van der Waals surface area contributed by atoms with Crippen molar-refractivity contribution in [2.45, 2.75) is 103 Å². The molecule has 1 amide bonds. The van der Waals surface area contributed by atoms with Crippen LogP contribution in [0, 0.1) is 0 Å². The van der Waals surface area contributed by atoms with Gasteiger partial charge in [-0.25, -0.2) is 0 Å². The van der Waals surface area contributed by atoms with Crippen LogP contribution in [0.25, 0.3) is 0 Å². The molecule has 0 bridgehead atoms. The van der Waals surface area contributed by atoms with Crippen molar-refractivity contribution in [3.8, 4) is 0 Å². The van der Waals surface area contributed by atoms with Gasteiger partial charge in [0.05, 0.1) is 39.9 Å². The summed E-state index contributed by atoms with van der Waals surface area (Å²) in [4.78, 5) is 25.0. The van der Waals surface area contributed by atoms with Gasteiger partial charge in [-0.1, -0.05) is 105 Å². The molecule has 0 rings (SSSR count). The molecule has 0 aliphatic rings. The van der Waals surface area contributed by atoms with Gasteiger partial charge in [0.2, 0.25) is 5.91 Å². The highest BCUT2D eigenvalue weighted by Gasteiger charge is 2.23. The number of likely N-dealkylation sites (N-methyl/N-ethyl adjacent to an activating group) is 1. The number of hydrogen-bond donors (Lipinski definition) is 2. The van der Waals surface area contributed by atoms with Crippen molar-refractivity contribution in [2.75, 3.05) is 40.9 Å². The summed E-state index contributed by atoms with van der Waals surface area (Å²) in [6.45, 7) is 4.30. The van der Waals surface area contributed by atoms with Crippen molar-refractivity contribution in [3.05, 3.63) is 85.1 Å². The van der Waals surface area contributed by atoms with Crippen LogP contribution < -0.4 is 10.2 Å². The van der Waals surface area contributed by atoms with Crippen LogP contribution in [0.1, 0.15) is 90.9 Å². The normalized spacial score (nSPS) is 15.9. The summed E-state index contributed by atoms with van der Waals surface area (Å²) in [7, 11) is 1.17. The number of aliphatic hydroxyl groups excluding tert-OH is 1. The molecule has 0 fully saturated rings. The van der Waals surface area contributed by atoms with Crippen LogP contribution in [0.4, 0.5) is 0 Å². The van der Waals surface area contributed by atoms with Gasteiger partial charge < -0.3 is 28.8 Å². The molecule has 0 aliphatic carbocycles. The Morgan fingerprint density at radius 1 is 0.761 bits per heavy atom. The smallest absolute Gasteiger partial charge is 0.268 e. The Hall–Kier alpha value is -2.32. The minimum Gasteiger partial charge on any atom is -0.756 e. The Labute approximate surface area is 280 Å². The average molecular weight is 663 g/mol. The molecule has 0 aromatic heterocycles. The third-order valence-corrected chi connectivity index (χ3v) is 7.53. The molecule has 0 saturated heterocycles. The van der Waals surface area contributed by atoms with Crippen LogP contribution in [0.15, 0.2) is 85.1 Å². The molecule has 0 spiro atoms. The molecular weight excluding hydrogens is 599 g/mol. The van der Waals surface area contributed by atoms with Crippen molar-refractivity contribution in [3.63, 3.8) is 0 Å². The van der Waals surface area contributed by atoms with E-state index in [0.29, 0.717) is 23.9 Å². The molecule has 0 saturated carbocycles. The third kappa shape index (κ3) is 30.3. The van der Waals surface area contributed by atoms with E-state index in [1.165, 1.54) is 0 Å². The zero-order chi connectivity index (χ0) is 34.4. The number of aliphatic hydroxyl groups is 1. The van der Waals surface area contributed by atoms with Crippen molar-refractivity contribution in [1.82, 2.24) is 5.32 Å². The van der Waals surface area contributed by atoms with Gasteiger partial charge in [0.1, 0.15) is 13.2 Å². The molecule has 0 heterocycles. The summed E-state index contributed by atoms with van der Waals surface area (Å²) in [6, 6.07) is -0.948. The van der Waals surface area contributed by atoms with Gasteiger partial charge in [0, 0.05) is 6.42 Å². The number of allylic oxidation sites excluding steroid dienone is 13. The molecule has 3 atom stereocenters. The Balaban J connectivity index is 4.84. The fourth-order valence-corrected chi connectivity index (χ4v) is 4.57. The van der Waals surface area contributed by atoms with E-state index >= 15 is 0 Å². The summed E-state index contributed by atoms with van der Waals surface area (Å²) < 4.78 is 22.9. The monoisotopic (exact) mass is 662 g/mol. The minimum atomic E-state index is -4.61. The minimum absolute atomic E-state index is 0.0266. The van der Waals surface area contributed by atoms with E-state index < -0.39 is 26.6 Å². The Bertz CT molecular complexity index is 1020. The van der Waals surface area contributed by atoms with Gasteiger partial charge >= 0.3 is 0 Å². The number of phosphoric ester groups is 1. The van der Waals surface area contributed by atoms with Crippen LogP contribution in [0.2, 0.25) is 0 Å². The molecule has 8 nitrogen and oxygen atoms in total. The molecule has 0 aromatic rings. The average Bonchev–Trinajstić information content (AvgIpc) is 2.99. The van der Waals surface area contributed by atoms with E-state index in [4.69, 9.17) is 9.05 Å². The SMILES string of the molecule is CC/C=C\C/C=C\C/C=C\C/C=C\CCC(=O)NC(COP(=O)([O-])OCC[N+](C)(C)C)C(O)/C=C/CC/C=C/CC/C=C/CCC. The predicted molar refractivity (Wildman–Crippen MR) is 191 cm³/mol. The first kappa shape index (κ1) is 43.7. The number of nitrogens with zero attached hydrogens (tertiary/aromatic N) is 1. The maximum Gasteiger partial charge on any atom is 0.268 e. The van der Waals surface area contributed by atoms with Crippen molar-refractivity contribution in [2.24, 2.45) is 0 Å². The van der Waals surface area contributed by atoms with E-state index in [1.807, 2.05) is 39.4 Å². The summed E-state index contributed by atoms with van der Waals surface area (Å²) in [5.74, 6) is -0.300. The standard InChI is InChI=1S/C37H63N2O6P/c1-6-8-10-12-14-16-18-19-21-23-25-27-29-31-37(41)38-35(34-45-46(42,43)44-33-32-39(3,4)5)36(40)30-28-26-24-22-20-17-15-13-11-9-7-2/h8,10-11,13-14,16,19-22,25,27-28,30,35-36,40H,6-7,9,12,15,17-18,23-24,26,29,31-34H2,1-5H3,(H-,38,41,42,43)/b10-8-,13-11+,16-14-,21-19-,22-20+,27-25-,30-28+. The van der Waals surface area contributed by atoms with Gasteiger partial charge in [-0.05, 0) is 64.2 Å². The molecule has 2 N–H and O–H groups in total. The second kappa shape index (κ2) is 28.9. The molecule has 46 heavy (non-hydrogen) atoms. The van der Waals surface area contributed by atoms with Gasteiger partial charge in [-0.2, -0.15) is 0 Å². The van der Waals surface area contributed by atoms with E-state index in [-0.39, 0.29) is 18.9 Å². The van der Waals surface area contributed by atoms with E-state index in [1.54, 1.807) is 6.08 Å². The fraction of sp³-hybridized carbons (Fsp3) is 0.595. The van der Waals surface area contributed by atoms with E-state index in [9.17, 15) is 19.4 Å². The molecule has 0 aromatic carbocycles. The number of carbonyl (C=O) groups is 1. The predicted octanol–water partition coefficient (Wildman–Crippen LogP) is 7.65. The summed E-state index contributed by atoms with van der Waals surface area (Å²) in [5.41, 5.74) is 0. The van der Waals surface area contributed by atoms with E-state index in [2.05, 4.69) is 79.9 Å². The number of rotatable bonds is 28. The van der Waals surface area contributed by atoms with Gasteiger partial charge in [0.25, 0.3) is 7.82 Å². The second-order valence-corrected chi connectivity index (χ2v) is 13.5. The first-order chi connectivity index (χ1) is 22.0. The summed E-state index contributed by atoms with van der Waals surface area (Å²) >= 11 is 0. The van der Waals surface area contributed by atoms with Crippen LogP contribution in [0.3, 0.4) is 0 Å². The Morgan fingerprint density at radius 2 is 1.26 bits per heavy atom. The highest BCUT2D eigenvalue weighted by Crippen LogP contribution is 2.38. The maximum absolute atomic E-state index is 12.7. The van der Waals surface area contributed by atoms with Gasteiger partial charge in [-0.15, -0.1) is 0 Å². The molecule has 3 unspecified atom stereocenters. The molecule has 0 aliphatic heterocycles. The quantitative estimate of drug-likeness (QED) is 0.0386. The summed E-state index contributed by atoms with van der Waals surface area (Å²) in [5, 5.41) is 13.5. The lowest BCUT2D eigenvalue weighted by Crippen LogP contribution is -2.45. The molecule has 262 valence electrons. The molecule has 9 heteroatoms. The van der Waals surface area contributed by atoms with Crippen LogP contribution in [0.5, 0.6) is 0 Å². The number of amides is 1. The third-order valence-electron chi connectivity index (χ3n) is 6.56. The molecule has 0 radical (unpaired) electrons. The number of hydrogen-bond acceptors (Lipinski definition) is 6. The Kier molecular flexibility index (Phi) is 27.4. The van der Waals surface area contributed by atoms with Crippen molar-refractivity contribution in [1.29, 1.82) is 0 Å². The highest BCUT2D eigenvalue weighted by atomic mass is 31.2.